The van der Waals surface area contributed by atoms with Crippen molar-refractivity contribution < 1.29 is 4.79 Å². The molecule has 1 fully saturated rings. The lowest BCUT2D eigenvalue weighted by Gasteiger charge is -2.22. The summed E-state index contributed by atoms with van der Waals surface area (Å²) in [6.07, 6.45) is 4.51. The Kier molecular flexibility index (Phi) is 7.20. The second-order valence-electron chi connectivity index (χ2n) is 10.7. The summed E-state index contributed by atoms with van der Waals surface area (Å²) in [6.45, 7) is 10.2. The quantitative estimate of drug-likeness (QED) is 0.351. The molecule has 1 aliphatic rings. The van der Waals surface area contributed by atoms with Crippen LogP contribution in [-0.2, 0) is 6.54 Å². The van der Waals surface area contributed by atoms with Gasteiger partial charge in [-0.1, -0.05) is 12.1 Å². The van der Waals surface area contributed by atoms with E-state index in [9.17, 15) is 4.79 Å². The molecule has 206 valence electrons. The van der Waals surface area contributed by atoms with Gasteiger partial charge in [0.1, 0.15) is 16.3 Å². The molecule has 0 radical (unpaired) electrons. The number of pyridine rings is 2. The lowest BCUT2D eigenvalue weighted by atomic mass is 10.1. The molecule has 0 aliphatic carbocycles. The molecular weight excluding hydrogens is 520 g/mol. The van der Waals surface area contributed by atoms with Gasteiger partial charge in [0.2, 0.25) is 0 Å². The molecule has 1 saturated heterocycles. The summed E-state index contributed by atoms with van der Waals surface area (Å²) >= 11 is 1.60. The van der Waals surface area contributed by atoms with E-state index < -0.39 is 0 Å². The summed E-state index contributed by atoms with van der Waals surface area (Å²) in [4.78, 5) is 38.5. The van der Waals surface area contributed by atoms with Crippen molar-refractivity contribution in [3.63, 3.8) is 0 Å². The van der Waals surface area contributed by atoms with Crippen molar-refractivity contribution in [3.05, 3.63) is 71.1 Å². The topological polar surface area (TPSA) is 91.0 Å². The Morgan fingerprint density at radius 2 is 1.93 bits per heavy atom. The van der Waals surface area contributed by atoms with E-state index in [1.165, 1.54) is 0 Å². The lowest BCUT2D eigenvalue weighted by Crippen LogP contribution is -2.31. The zero-order valence-corrected chi connectivity index (χ0v) is 24.2. The van der Waals surface area contributed by atoms with E-state index >= 15 is 0 Å². The monoisotopic (exact) mass is 554 g/mol. The number of carbonyl (C=O) groups excluding carboxylic acids is 1. The van der Waals surface area contributed by atoms with Crippen LogP contribution in [0.1, 0.15) is 42.0 Å². The Hall–Kier alpha value is -3.89. The van der Waals surface area contributed by atoms with E-state index in [1.54, 1.807) is 23.7 Å². The van der Waals surface area contributed by atoms with Crippen molar-refractivity contribution in [2.24, 2.45) is 4.99 Å². The number of aryl methyl sites for hydroxylation is 1. The Balaban J connectivity index is 1.56. The van der Waals surface area contributed by atoms with Crippen LogP contribution in [-0.4, -0.2) is 69.4 Å². The molecule has 9 nitrogen and oxygen atoms in total. The molecule has 0 bridgehead atoms. The molecule has 0 spiro atoms. The Bertz CT molecular complexity index is 1770. The van der Waals surface area contributed by atoms with E-state index in [-0.39, 0.29) is 18.5 Å². The number of aromatic nitrogens is 4. The van der Waals surface area contributed by atoms with Crippen molar-refractivity contribution in [2.45, 2.75) is 39.8 Å². The number of para-hydroxylation sites is 1. The normalized spacial score (nSPS) is 15.4. The molecule has 6 rings (SSSR count). The predicted molar refractivity (Wildman–Crippen MR) is 161 cm³/mol. The molecule has 0 saturated carbocycles. The molecule has 4 aromatic heterocycles. The maximum absolute atomic E-state index is 13.9. The van der Waals surface area contributed by atoms with Crippen molar-refractivity contribution >= 4 is 49.1 Å². The van der Waals surface area contributed by atoms with Crippen LogP contribution in [0.15, 0.2) is 53.8 Å². The van der Waals surface area contributed by atoms with Gasteiger partial charge in [-0.3, -0.25) is 24.2 Å². The van der Waals surface area contributed by atoms with Gasteiger partial charge in [-0.15, -0.1) is 11.3 Å². The third kappa shape index (κ3) is 5.04. The van der Waals surface area contributed by atoms with Crippen LogP contribution in [0, 0.1) is 6.92 Å². The first-order valence-corrected chi connectivity index (χ1v) is 14.6. The van der Waals surface area contributed by atoms with Crippen molar-refractivity contribution in [1.29, 1.82) is 0 Å². The number of likely N-dealkylation sites (N-methyl/N-ethyl adjacent to an activating group) is 1. The van der Waals surface area contributed by atoms with E-state index in [1.807, 2.05) is 32.9 Å². The van der Waals surface area contributed by atoms with E-state index in [0.717, 1.165) is 70.2 Å². The highest BCUT2D eigenvalue weighted by atomic mass is 32.1. The first kappa shape index (κ1) is 26.3. The van der Waals surface area contributed by atoms with Gasteiger partial charge in [0, 0.05) is 37.3 Å². The third-order valence-corrected chi connectivity index (χ3v) is 8.36. The second-order valence-corrected chi connectivity index (χ2v) is 11.7. The number of carbonyl (C=O) groups is 1. The number of amides is 1. The third-order valence-electron chi connectivity index (χ3n) is 7.22. The van der Waals surface area contributed by atoms with Gasteiger partial charge >= 0.3 is 0 Å². The van der Waals surface area contributed by atoms with Crippen LogP contribution in [0.25, 0.3) is 26.1 Å². The molecule has 5 aromatic rings. The maximum atomic E-state index is 13.9. The molecule has 0 unspecified atom stereocenters. The van der Waals surface area contributed by atoms with Crippen LogP contribution in [0.5, 0.6) is 0 Å². The van der Waals surface area contributed by atoms with Gasteiger partial charge < -0.3 is 15.1 Å². The van der Waals surface area contributed by atoms with E-state index in [4.69, 9.17) is 9.98 Å². The fourth-order valence-electron chi connectivity index (χ4n) is 5.21. The van der Waals surface area contributed by atoms with Crippen LogP contribution >= 0.6 is 11.3 Å². The molecule has 5 heterocycles. The summed E-state index contributed by atoms with van der Waals surface area (Å²) in [6, 6.07) is 12.4. The fraction of sp³-hybridized carbons (Fsp3) is 0.367. The largest absolute Gasteiger partial charge is 0.355 e. The van der Waals surface area contributed by atoms with Gasteiger partial charge in [0.05, 0.1) is 45.3 Å². The van der Waals surface area contributed by atoms with Gasteiger partial charge in [-0.05, 0) is 65.0 Å². The van der Waals surface area contributed by atoms with E-state index in [2.05, 4.69) is 60.8 Å². The van der Waals surface area contributed by atoms with Gasteiger partial charge in [-0.2, -0.15) is 0 Å². The van der Waals surface area contributed by atoms with E-state index in [0.29, 0.717) is 16.6 Å². The van der Waals surface area contributed by atoms with Gasteiger partial charge in [0.25, 0.3) is 5.91 Å². The first-order valence-electron chi connectivity index (χ1n) is 13.8. The summed E-state index contributed by atoms with van der Waals surface area (Å²) in [5.74, 6) is 0.768. The number of fused-ring (bicyclic) bond motifs is 5. The van der Waals surface area contributed by atoms with Crippen molar-refractivity contribution in [1.82, 2.24) is 29.6 Å². The molecule has 10 heteroatoms. The van der Waals surface area contributed by atoms with Crippen LogP contribution < -0.4 is 15.6 Å². The zero-order chi connectivity index (χ0) is 27.8. The Morgan fingerprint density at radius 1 is 1.07 bits per heavy atom. The standard InChI is InChI=1S/C30H34N8OS/c1-19(2)34-27-22-10-11-25(37-13-7-12-36(4)14-15-37)35-28(22)38-23-8-5-6-9-24(23)40-30(38)26(27)29(39)33-18-21-17-31-20(3)16-32-21/h5-6,8-11,16-17,19H,7,12-15,18H2,1-4H3,(H,33,39)/b34-27+. The highest BCUT2D eigenvalue weighted by Gasteiger charge is 2.23. The Morgan fingerprint density at radius 3 is 2.73 bits per heavy atom. The zero-order valence-electron chi connectivity index (χ0n) is 23.4. The minimum atomic E-state index is -0.188. The number of benzene rings is 1. The molecule has 1 N–H and O–H groups in total. The van der Waals surface area contributed by atoms with Crippen molar-refractivity contribution in [2.75, 3.05) is 38.1 Å². The summed E-state index contributed by atoms with van der Waals surface area (Å²) in [5, 5.41) is 4.63. The lowest BCUT2D eigenvalue weighted by molar-refractivity contribution is 0.0950. The van der Waals surface area contributed by atoms with Gasteiger partial charge in [-0.25, -0.2) is 4.98 Å². The summed E-state index contributed by atoms with van der Waals surface area (Å²) < 4.78 is 3.23. The smallest absolute Gasteiger partial charge is 0.256 e. The number of hydrogen-bond acceptors (Lipinski definition) is 8. The SMILES string of the molecule is Cc1cnc(CNC(=O)c2/c(=N/C(C)C)c3ccc(N4CCCN(C)CC4)nc3n3c2sc2ccccc23)cn1. The highest BCUT2D eigenvalue weighted by molar-refractivity contribution is 7.24. The van der Waals surface area contributed by atoms with Crippen LogP contribution in [0.3, 0.4) is 0 Å². The number of hydrogen-bond donors (Lipinski definition) is 1. The molecule has 0 atom stereocenters. The molecule has 1 aromatic carbocycles. The first-order chi connectivity index (χ1) is 19.4. The minimum Gasteiger partial charge on any atom is -0.355 e. The Labute approximate surface area is 237 Å². The fourth-order valence-corrected chi connectivity index (χ4v) is 6.40. The number of nitrogens with zero attached hydrogens (tertiary/aromatic N) is 7. The minimum absolute atomic E-state index is 0.00429. The molecular formula is C30H34N8OS. The average molecular weight is 555 g/mol. The van der Waals surface area contributed by atoms with Crippen molar-refractivity contribution in [3.8, 4) is 0 Å². The van der Waals surface area contributed by atoms with Gasteiger partial charge in [0.15, 0.2) is 0 Å². The average Bonchev–Trinajstić information content (AvgIpc) is 3.19. The number of nitrogens with one attached hydrogen (secondary N) is 1. The molecule has 40 heavy (non-hydrogen) atoms. The maximum Gasteiger partial charge on any atom is 0.256 e. The summed E-state index contributed by atoms with van der Waals surface area (Å²) in [7, 11) is 2.17. The van der Waals surface area contributed by atoms with Crippen LogP contribution in [0.4, 0.5) is 5.82 Å². The number of anilines is 1. The highest BCUT2D eigenvalue weighted by Crippen LogP contribution is 2.31. The molecule has 1 amide bonds. The van der Waals surface area contributed by atoms with Crippen LogP contribution in [0.2, 0.25) is 0 Å². The number of rotatable bonds is 5. The predicted octanol–water partition coefficient (Wildman–Crippen LogP) is 4.18. The second kappa shape index (κ2) is 10.9. The number of thiazole rings is 1. The molecule has 1 aliphatic heterocycles. The summed E-state index contributed by atoms with van der Waals surface area (Å²) in [5.41, 5.74) is 3.96.